The summed E-state index contributed by atoms with van der Waals surface area (Å²) in [4.78, 5) is 0. The first-order chi connectivity index (χ1) is 14.3. The molecular weight excluding hydrogens is 352 g/mol. The zero-order valence-electron chi connectivity index (χ0n) is 21.0. The SMILES string of the molecule is CCCCCCCCCCCC(CCCCCCCCC)COCCCCCC. The third-order valence-electron chi connectivity index (χ3n) is 6.43. The number of hydrogen-bond acceptors (Lipinski definition) is 1. The predicted molar refractivity (Wildman–Crippen MR) is 133 cm³/mol. The molecule has 0 aromatic carbocycles. The van der Waals surface area contributed by atoms with Crippen LogP contribution in [0.25, 0.3) is 0 Å². The average Bonchev–Trinajstić information content (AvgIpc) is 2.73. The van der Waals surface area contributed by atoms with Crippen LogP contribution in [0.1, 0.15) is 162 Å². The van der Waals surface area contributed by atoms with E-state index < -0.39 is 0 Å². The normalized spacial score (nSPS) is 12.5. The maximum atomic E-state index is 6.09. The topological polar surface area (TPSA) is 9.23 Å². The summed E-state index contributed by atoms with van der Waals surface area (Å²) in [6, 6.07) is 0. The average molecular weight is 411 g/mol. The van der Waals surface area contributed by atoms with Crippen LogP contribution in [0.4, 0.5) is 0 Å². The van der Waals surface area contributed by atoms with Gasteiger partial charge in [-0.05, 0) is 25.2 Å². The lowest BCUT2D eigenvalue weighted by Gasteiger charge is -2.17. The second kappa shape index (κ2) is 26.0. The molecule has 0 bridgehead atoms. The van der Waals surface area contributed by atoms with Crippen LogP contribution in [-0.2, 0) is 4.74 Å². The molecule has 0 heterocycles. The van der Waals surface area contributed by atoms with Crippen molar-refractivity contribution in [1.82, 2.24) is 0 Å². The molecule has 0 amide bonds. The molecule has 1 atom stereocenters. The van der Waals surface area contributed by atoms with Crippen LogP contribution in [0, 0.1) is 5.92 Å². The quantitative estimate of drug-likeness (QED) is 0.136. The van der Waals surface area contributed by atoms with E-state index in [1.807, 2.05) is 0 Å². The van der Waals surface area contributed by atoms with Crippen molar-refractivity contribution in [2.45, 2.75) is 162 Å². The van der Waals surface area contributed by atoms with Crippen molar-refractivity contribution in [3.63, 3.8) is 0 Å². The van der Waals surface area contributed by atoms with Gasteiger partial charge in [0.2, 0.25) is 0 Å². The van der Waals surface area contributed by atoms with Gasteiger partial charge in [0.1, 0.15) is 0 Å². The Kier molecular flexibility index (Phi) is 26.0. The molecule has 0 saturated carbocycles. The molecule has 0 rings (SSSR count). The van der Waals surface area contributed by atoms with Crippen molar-refractivity contribution in [2.24, 2.45) is 5.92 Å². The lowest BCUT2D eigenvalue weighted by atomic mass is 9.94. The van der Waals surface area contributed by atoms with Gasteiger partial charge in [-0.3, -0.25) is 0 Å². The third kappa shape index (κ3) is 24.1. The highest BCUT2D eigenvalue weighted by Gasteiger charge is 2.09. The summed E-state index contributed by atoms with van der Waals surface area (Å²) in [6.45, 7) is 8.91. The number of rotatable bonds is 25. The highest BCUT2D eigenvalue weighted by atomic mass is 16.5. The van der Waals surface area contributed by atoms with Crippen LogP contribution < -0.4 is 0 Å². The van der Waals surface area contributed by atoms with Gasteiger partial charge in [0.05, 0.1) is 0 Å². The molecule has 0 aliphatic rings. The largest absolute Gasteiger partial charge is 0.381 e. The van der Waals surface area contributed by atoms with Gasteiger partial charge in [-0.2, -0.15) is 0 Å². The predicted octanol–water partition coefficient (Wildman–Crippen LogP) is 10.3. The van der Waals surface area contributed by atoms with Gasteiger partial charge in [0.15, 0.2) is 0 Å². The molecule has 0 radical (unpaired) electrons. The first-order valence-corrected chi connectivity index (χ1v) is 13.9. The van der Waals surface area contributed by atoms with E-state index in [4.69, 9.17) is 4.74 Å². The van der Waals surface area contributed by atoms with Crippen molar-refractivity contribution in [3.8, 4) is 0 Å². The van der Waals surface area contributed by atoms with E-state index in [0.717, 1.165) is 19.1 Å². The molecule has 0 aliphatic carbocycles. The monoisotopic (exact) mass is 410 g/mol. The maximum absolute atomic E-state index is 6.09. The van der Waals surface area contributed by atoms with Gasteiger partial charge in [0, 0.05) is 13.2 Å². The van der Waals surface area contributed by atoms with Crippen molar-refractivity contribution in [3.05, 3.63) is 0 Å². The number of ether oxygens (including phenoxy) is 1. The fraction of sp³-hybridized carbons (Fsp3) is 1.00. The Hall–Kier alpha value is -0.0400. The second-order valence-corrected chi connectivity index (χ2v) is 9.53. The van der Waals surface area contributed by atoms with E-state index >= 15 is 0 Å². The molecule has 176 valence electrons. The number of unbranched alkanes of at least 4 members (excludes halogenated alkanes) is 17. The smallest absolute Gasteiger partial charge is 0.0494 e. The van der Waals surface area contributed by atoms with Gasteiger partial charge in [-0.15, -0.1) is 0 Å². The van der Waals surface area contributed by atoms with Crippen molar-refractivity contribution >= 4 is 0 Å². The zero-order chi connectivity index (χ0) is 21.3. The summed E-state index contributed by atoms with van der Waals surface area (Å²) >= 11 is 0. The molecule has 0 fully saturated rings. The Balaban J connectivity index is 3.78. The first kappa shape index (κ1) is 29.0. The number of hydrogen-bond donors (Lipinski definition) is 0. The zero-order valence-corrected chi connectivity index (χ0v) is 21.0. The Morgan fingerprint density at radius 3 is 1.17 bits per heavy atom. The molecular formula is C28H58O. The molecule has 0 aliphatic heterocycles. The van der Waals surface area contributed by atoms with Gasteiger partial charge >= 0.3 is 0 Å². The van der Waals surface area contributed by atoms with Crippen LogP contribution in [0.5, 0.6) is 0 Å². The van der Waals surface area contributed by atoms with Gasteiger partial charge in [-0.1, -0.05) is 143 Å². The molecule has 0 aromatic rings. The summed E-state index contributed by atoms with van der Waals surface area (Å²) in [5, 5.41) is 0. The fourth-order valence-electron chi connectivity index (χ4n) is 4.33. The Morgan fingerprint density at radius 2 is 0.759 bits per heavy atom. The molecule has 0 spiro atoms. The van der Waals surface area contributed by atoms with E-state index in [1.54, 1.807) is 0 Å². The van der Waals surface area contributed by atoms with Gasteiger partial charge in [-0.25, -0.2) is 0 Å². The summed E-state index contributed by atoms with van der Waals surface area (Å²) in [7, 11) is 0. The van der Waals surface area contributed by atoms with Gasteiger partial charge in [0.25, 0.3) is 0 Å². The van der Waals surface area contributed by atoms with E-state index in [0.29, 0.717) is 0 Å². The van der Waals surface area contributed by atoms with Crippen molar-refractivity contribution in [2.75, 3.05) is 13.2 Å². The van der Waals surface area contributed by atoms with Gasteiger partial charge < -0.3 is 4.74 Å². The molecule has 0 N–H and O–H groups in total. The molecule has 1 unspecified atom stereocenters. The molecule has 1 heteroatoms. The molecule has 1 nitrogen and oxygen atoms in total. The Labute approximate surface area is 186 Å². The second-order valence-electron chi connectivity index (χ2n) is 9.53. The van der Waals surface area contributed by atoms with E-state index in [2.05, 4.69) is 20.8 Å². The minimum atomic E-state index is 0.821. The summed E-state index contributed by atoms with van der Waals surface area (Å²) in [5.74, 6) is 0.821. The molecule has 29 heavy (non-hydrogen) atoms. The first-order valence-electron chi connectivity index (χ1n) is 13.9. The summed E-state index contributed by atoms with van der Waals surface area (Å²) in [5.41, 5.74) is 0. The maximum Gasteiger partial charge on any atom is 0.0494 e. The van der Waals surface area contributed by atoms with E-state index in [-0.39, 0.29) is 0 Å². The van der Waals surface area contributed by atoms with Crippen LogP contribution in [0.2, 0.25) is 0 Å². The van der Waals surface area contributed by atoms with Crippen LogP contribution in [0.15, 0.2) is 0 Å². The van der Waals surface area contributed by atoms with Crippen LogP contribution >= 0.6 is 0 Å². The highest BCUT2D eigenvalue weighted by molar-refractivity contribution is 4.61. The Bertz CT molecular complexity index is 275. The lowest BCUT2D eigenvalue weighted by Crippen LogP contribution is -2.11. The highest BCUT2D eigenvalue weighted by Crippen LogP contribution is 2.20. The Morgan fingerprint density at radius 1 is 0.414 bits per heavy atom. The molecule has 0 aromatic heterocycles. The van der Waals surface area contributed by atoms with Crippen LogP contribution in [-0.4, -0.2) is 13.2 Å². The third-order valence-corrected chi connectivity index (χ3v) is 6.43. The standard InChI is InChI=1S/C28H58O/c1-4-7-10-13-15-16-18-20-22-25-28(27-29-26-23-12-9-6-3)24-21-19-17-14-11-8-5-2/h28H,4-27H2,1-3H3. The fourth-order valence-corrected chi connectivity index (χ4v) is 4.33. The van der Waals surface area contributed by atoms with E-state index in [1.165, 1.54) is 141 Å². The van der Waals surface area contributed by atoms with Crippen molar-refractivity contribution < 1.29 is 4.74 Å². The van der Waals surface area contributed by atoms with E-state index in [9.17, 15) is 0 Å². The minimum absolute atomic E-state index is 0.821. The van der Waals surface area contributed by atoms with Crippen LogP contribution in [0.3, 0.4) is 0 Å². The summed E-state index contributed by atoms with van der Waals surface area (Å²) < 4.78 is 6.09. The van der Waals surface area contributed by atoms with Crippen molar-refractivity contribution in [1.29, 1.82) is 0 Å². The molecule has 0 saturated heterocycles. The minimum Gasteiger partial charge on any atom is -0.381 e. The summed E-state index contributed by atoms with van der Waals surface area (Å²) in [6.07, 6.45) is 31.0. The lowest BCUT2D eigenvalue weighted by molar-refractivity contribution is 0.0879.